The first kappa shape index (κ1) is 23.3. The SMILES string of the molecule is CC1(C)Cc2c(c(C(=O)Nc3cc(F)c(F)cc3F)cc3nc4n(c23)C[I-]c2cncc(Cl)c2N4)O1. The van der Waals surface area contributed by atoms with Gasteiger partial charge in [-0.1, -0.05) is 0 Å². The van der Waals surface area contributed by atoms with Crippen molar-refractivity contribution in [3.8, 4) is 5.75 Å². The number of pyridine rings is 1. The van der Waals surface area contributed by atoms with Crippen molar-refractivity contribution in [1.82, 2.24) is 14.5 Å². The molecule has 12 heteroatoms. The number of alkyl halides is 1. The van der Waals surface area contributed by atoms with Gasteiger partial charge in [0.05, 0.1) is 0 Å². The fourth-order valence-corrected chi connectivity index (χ4v) is 7.34. The second-order valence-electron chi connectivity index (χ2n) is 9.06. The van der Waals surface area contributed by atoms with Crippen molar-refractivity contribution in [3.05, 3.63) is 67.8 Å². The van der Waals surface area contributed by atoms with Crippen molar-refractivity contribution in [2.45, 2.75) is 30.4 Å². The van der Waals surface area contributed by atoms with Crippen LogP contribution in [0.4, 0.5) is 30.5 Å². The summed E-state index contributed by atoms with van der Waals surface area (Å²) in [5.41, 5.74) is 2.00. The predicted octanol–water partition coefficient (Wildman–Crippen LogP) is 2.44. The molecule has 0 fully saturated rings. The summed E-state index contributed by atoms with van der Waals surface area (Å²) >= 11 is 5.89. The topological polar surface area (TPSA) is 81.1 Å². The van der Waals surface area contributed by atoms with E-state index in [-0.39, 0.29) is 5.56 Å². The van der Waals surface area contributed by atoms with Crippen molar-refractivity contribution in [3.63, 3.8) is 0 Å². The number of benzene rings is 2. The summed E-state index contributed by atoms with van der Waals surface area (Å²) in [4.78, 5) is 22.2. The Morgan fingerprint density at radius 1 is 1.19 bits per heavy atom. The first-order valence-electron chi connectivity index (χ1n) is 10.8. The minimum atomic E-state index is -1.34. The molecule has 0 saturated heterocycles. The third-order valence-corrected chi connectivity index (χ3v) is 8.93. The molecule has 0 unspecified atom stereocenters. The Hall–Kier alpha value is -3.06. The van der Waals surface area contributed by atoms with Gasteiger partial charge in [0.1, 0.15) is 0 Å². The van der Waals surface area contributed by atoms with Crippen molar-refractivity contribution in [1.29, 1.82) is 0 Å². The van der Waals surface area contributed by atoms with Gasteiger partial charge < -0.3 is 0 Å². The number of anilines is 3. The number of hydrogen-bond acceptors (Lipinski definition) is 5. The van der Waals surface area contributed by atoms with E-state index in [9.17, 15) is 18.0 Å². The van der Waals surface area contributed by atoms with Crippen LogP contribution in [-0.2, 0) is 11.0 Å². The summed E-state index contributed by atoms with van der Waals surface area (Å²) < 4.78 is 51.3. The van der Waals surface area contributed by atoms with Crippen LogP contribution in [-0.4, -0.2) is 26.0 Å². The molecular weight excluding hydrogens is 610 g/mol. The molecule has 7 nitrogen and oxygen atoms in total. The monoisotopic (exact) mass is 626 g/mol. The first-order valence-corrected chi connectivity index (χ1v) is 13.8. The Balaban J connectivity index is 1.48. The van der Waals surface area contributed by atoms with Crippen LogP contribution in [0.2, 0.25) is 5.02 Å². The summed E-state index contributed by atoms with van der Waals surface area (Å²) in [5.74, 6) is -3.49. The Morgan fingerprint density at radius 2 is 1.97 bits per heavy atom. The number of halogens is 5. The summed E-state index contributed by atoms with van der Waals surface area (Å²) in [5, 5.41) is 6.15. The maximum atomic E-state index is 14.2. The molecule has 2 aliphatic rings. The van der Waals surface area contributed by atoms with E-state index in [0.29, 0.717) is 45.3 Å². The van der Waals surface area contributed by atoms with Gasteiger partial charge in [-0.2, -0.15) is 0 Å². The van der Waals surface area contributed by atoms with Crippen LogP contribution < -0.4 is 36.6 Å². The Labute approximate surface area is 218 Å². The van der Waals surface area contributed by atoms with Gasteiger partial charge in [-0.25, -0.2) is 4.39 Å². The maximum absolute atomic E-state index is 14.2. The Bertz CT molecular complexity index is 1610. The third-order valence-electron chi connectivity index (χ3n) is 5.98. The van der Waals surface area contributed by atoms with E-state index in [2.05, 4.69) is 20.2 Å². The number of rotatable bonds is 2. The van der Waals surface area contributed by atoms with E-state index in [0.717, 1.165) is 20.3 Å². The van der Waals surface area contributed by atoms with Gasteiger partial charge >= 0.3 is 214 Å². The summed E-state index contributed by atoms with van der Waals surface area (Å²) in [7, 11) is 0. The van der Waals surface area contributed by atoms with Crippen LogP contribution in [0.25, 0.3) is 11.0 Å². The Morgan fingerprint density at radius 3 is 2.78 bits per heavy atom. The number of imidazole rings is 1. The number of nitrogens with one attached hydrogen (secondary N) is 2. The number of amides is 1. The number of carbonyl (C=O) groups is 1. The number of hydrogen-bond donors (Lipinski definition) is 2. The van der Waals surface area contributed by atoms with Gasteiger partial charge in [0.2, 0.25) is 0 Å². The molecule has 2 N–H and O–H groups in total. The molecule has 2 aromatic heterocycles. The third kappa shape index (κ3) is 3.76. The van der Waals surface area contributed by atoms with Crippen molar-refractivity contribution in [2.24, 2.45) is 0 Å². The molecule has 0 atom stereocenters. The van der Waals surface area contributed by atoms with Gasteiger partial charge in [-0.15, -0.1) is 0 Å². The van der Waals surface area contributed by atoms with E-state index in [1.165, 1.54) is 0 Å². The molecule has 0 spiro atoms. The number of ether oxygens (including phenoxy) is 1. The molecule has 4 aromatic rings. The molecule has 6 rings (SSSR count). The summed E-state index contributed by atoms with van der Waals surface area (Å²) in [6.07, 6.45) is 3.90. The summed E-state index contributed by atoms with van der Waals surface area (Å²) in [6, 6.07) is 2.56. The first-order chi connectivity index (χ1) is 17.1. The fourth-order valence-electron chi connectivity index (χ4n) is 4.44. The number of nitrogens with zero attached hydrogens (tertiary/aromatic N) is 3. The second kappa shape index (κ2) is 8.23. The van der Waals surface area contributed by atoms with Gasteiger partial charge in [0.15, 0.2) is 0 Å². The van der Waals surface area contributed by atoms with Crippen molar-refractivity contribution in [2.75, 3.05) is 10.6 Å². The molecule has 36 heavy (non-hydrogen) atoms. The standard InChI is InChI=1S/C24H17ClF3IN5O2/c1-24(2)6-11-20-18(32-23-33-19-12(25)7-30-8-16(19)29-9-34(20)23)3-10(21(11)36-24)22(35)31-17-5-14(27)13(26)4-15(17)28/h3-5,7-8H,6,9H2,1-2H3,(H,31,35)(H,32,33)/q-1. The van der Waals surface area contributed by atoms with Gasteiger partial charge in [-0.05, 0) is 0 Å². The van der Waals surface area contributed by atoms with E-state index >= 15 is 0 Å². The molecule has 0 saturated carbocycles. The van der Waals surface area contributed by atoms with Crippen LogP contribution in [0.15, 0.2) is 30.6 Å². The molecule has 4 heterocycles. The van der Waals surface area contributed by atoms with Crippen LogP contribution in [0, 0.1) is 21.0 Å². The molecule has 2 aromatic carbocycles. The zero-order valence-corrected chi connectivity index (χ0v) is 21.8. The molecule has 186 valence electrons. The molecular formula is C24H17ClF3IN5O2-. The second-order valence-corrected chi connectivity index (χ2v) is 12.1. The van der Waals surface area contributed by atoms with Crippen LogP contribution in [0.3, 0.4) is 0 Å². The molecule has 0 bridgehead atoms. The fraction of sp³-hybridized carbons (Fsp3) is 0.208. The molecule has 0 radical (unpaired) electrons. The number of aromatic nitrogens is 3. The predicted molar refractivity (Wildman–Crippen MR) is 124 cm³/mol. The minimum absolute atomic E-state index is 0.123. The van der Waals surface area contributed by atoms with Crippen molar-refractivity contribution >= 4 is 45.9 Å². The normalized spacial score (nSPS) is 15.6. The van der Waals surface area contributed by atoms with Crippen LogP contribution in [0.1, 0.15) is 29.8 Å². The van der Waals surface area contributed by atoms with Gasteiger partial charge in [-0.3, -0.25) is 0 Å². The Kier molecular flexibility index (Phi) is 5.34. The molecule has 2 aliphatic heterocycles. The number of carbonyl (C=O) groups excluding carboxylic acids is 1. The van der Waals surface area contributed by atoms with E-state index in [4.69, 9.17) is 21.3 Å². The zero-order valence-electron chi connectivity index (χ0n) is 18.8. The van der Waals surface area contributed by atoms with Gasteiger partial charge in [0, 0.05) is 0 Å². The number of fused-ring (bicyclic) bond motifs is 6. The van der Waals surface area contributed by atoms with E-state index in [1.54, 1.807) is 12.3 Å². The quantitative estimate of drug-likeness (QED) is 0.203. The van der Waals surface area contributed by atoms with Crippen molar-refractivity contribution < 1.29 is 43.9 Å². The average Bonchev–Trinajstić information content (AvgIpc) is 3.25. The molecule has 1 amide bonds. The molecule has 0 aliphatic carbocycles. The van der Waals surface area contributed by atoms with E-state index in [1.807, 2.05) is 20.0 Å². The average molecular weight is 627 g/mol. The summed E-state index contributed by atoms with van der Waals surface area (Å²) in [6.45, 7) is 3.81. The van der Waals surface area contributed by atoms with E-state index < -0.39 is 55.9 Å². The zero-order chi connectivity index (χ0) is 25.4. The van der Waals surface area contributed by atoms with Gasteiger partial charge in [0.25, 0.3) is 0 Å². The van der Waals surface area contributed by atoms with Crippen LogP contribution >= 0.6 is 11.6 Å². The van der Waals surface area contributed by atoms with Crippen LogP contribution in [0.5, 0.6) is 5.75 Å².